The number of nitrogens with zero attached hydrogens (tertiary/aromatic N) is 4. The van der Waals surface area contributed by atoms with Crippen LogP contribution in [-0.2, 0) is 11.2 Å². The van der Waals surface area contributed by atoms with E-state index >= 15 is 0 Å². The summed E-state index contributed by atoms with van der Waals surface area (Å²) in [6.07, 6.45) is 0.901. The van der Waals surface area contributed by atoms with Gasteiger partial charge in [-0.05, 0) is 29.7 Å². The Morgan fingerprint density at radius 1 is 1.21 bits per heavy atom. The van der Waals surface area contributed by atoms with Crippen LogP contribution in [0, 0.1) is 11.3 Å². The Hall–Kier alpha value is -4.13. The molecule has 2 atom stereocenters. The molecule has 2 aromatic carbocycles. The number of benzene rings is 2. The fourth-order valence-electron chi connectivity index (χ4n) is 3.70. The second-order valence-electron chi connectivity index (χ2n) is 7.88. The van der Waals surface area contributed by atoms with Gasteiger partial charge in [-0.2, -0.15) is 10.4 Å². The van der Waals surface area contributed by atoms with Crippen molar-refractivity contribution >= 4 is 11.8 Å². The summed E-state index contributed by atoms with van der Waals surface area (Å²) in [5.41, 5.74) is 2.29. The summed E-state index contributed by atoms with van der Waals surface area (Å²) >= 11 is 0. The van der Waals surface area contributed by atoms with Crippen LogP contribution in [0.5, 0.6) is 11.5 Å². The lowest BCUT2D eigenvalue weighted by Crippen LogP contribution is -2.40. The molecule has 4 rings (SSSR count). The molecular weight excluding hydrogens is 436 g/mol. The Kier molecular flexibility index (Phi) is 7.22. The molecule has 2 aliphatic rings. The maximum Gasteiger partial charge on any atom is 0.255 e. The number of carbonyl (C=O) groups is 2. The van der Waals surface area contributed by atoms with E-state index in [0.717, 1.165) is 17.5 Å². The number of amides is 2. The highest BCUT2D eigenvalue weighted by atomic mass is 16.6. The van der Waals surface area contributed by atoms with E-state index in [0.29, 0.717) is 43.4 Å². The maximum atomic E-state index is 12.6. The summed E-state index contributed by atoms with van der Waals surface area (Å²) in [5, 5.41) is 24.7. The zero-order valence-corrected chi connectivity index (χ0v) is 18.9. The number of rotatable bonds is 8. The van der Waals surface area contributed by atoms with Crippen LogP contribution in [0.1, 0.15) is 34.5 Å². The van der Waals surface area contributed by atoms with Gasteiger partial charge in [0, 0.05) is 6.54 Å². The first-order valence-electron chi connectivity index (χ1n) is 11.2. The van der Waals surface area contributed by atoms with Crippen molar-refractivity contribution in [1.29, 1.82) is 5.26 Å². The fraction of sp³-hybridized carbons (Fsp3) is 0.375. The van der Waals surface area contributed by atoms with Gasteiger partial charge in [0.05, 0.1) is 24.7 Å². The van der Waals surface area contributed by atoms with Crippen molar-refractivity contribution in [3.05, 3.63) is 59.2 Å². The monoisotopic (exact) mass is 462 g/mol. The van der Waals surface area contributed by atoms with Crippen molar-refractivity contribution in [2.75, 3.05) is 32.8 Å². The minimum absolute atomic E-state index is 0.270. The first-order valence-corrected chi connectivity index (χ1v) is 11.2. The normalized spacial score (nSPS) is 17.1. The molecule has 2 amide bonds. The van der Waals surface area contributed by atoms with Crippen LogP contribution in [0.4, 0.5) is 0 Å². The average molecular weight is 463 g/mol. The average Bonchev–Trinajstić information content (AvgIpc) is 3.36. The van der Waals surface area contributed by atoms with Crippen LogP contribution >= 0.6 is 0 Å². The third kappa shape index (κ3) is 5.26. The Balaban J connectivity index is 1.24. The van der Waals surface area contributed by atoms with Gasteiger partial charge in [0.25, 0.3) is 5.91 Å². The number of aryl methyl sites for hydroxylation is 1. The van der Waals surface area contributed by atoms with Crippen LogP contribution in [0.3, 0.4) is 0 Å². The smallest absolute Gasteiger partial charge is 0.255 e. The molecule has 0 spiro atoms. The predicted octanol–water partition coefficient (Wildman–Crippen LogP) is 2.18. The van der Waals surface area contributed by atoms with Crippen molar-refractivity contribution in [3.63, 3.8) is 0 Å². The highest BCUT2D eigenvalue weighted by Crippen LogP contribution is 2.33. The summed E-state index contributed by atoms with van der Waals surface area (Å²) in [5.74, 6) is 0.353. The van der Waals surface area contributed by atoms with E-state index in [1.807, 2.05) is 24.3 Å². The molecular formula is C24H26N6O4. The van der Waals surface area contributed by atoms with Gasteiger partial charge in [-0.25, -0.2) is 0 Å². The number of hydrogen-bond donors (Lipinski definition) is 2. The van der Waals surface area contributed by atoms with Gasteiger partial charge < -0.3 is 20.1 Å². The predicted molar refractivity (Wildman–Crippen MR) is 122 cm³/mol. The van der Waals surface area contributed by atoms with Crippen molar-refractivity contribution in [2.24, 2.45) is 10.3 Å². The topological polar surface area (TPSA) is 128 Å². The van der Waals surface area contributed by atoms with Gasteiger partial charge in [-0.1, -0.05) is 42.5 Å². The number of para-hydroxylation sites is 1. The molecule has 10 heteroatoms. The van der Waals surface area contributed by atoms with Gasteiger partial charge >= 0.3 is 0 Å². The van der Waals surface area contributed by atoms with Gasteiger partial charge in [0.15, 0.2) is 17.5 Å². The Bertz CT molecular complexity index is 1110. The molecule has 0 fully saturated rings. The third-order valence-electron chi connectivity index (χ3n) is 5.61. The zero-order chi connectivity index (χ0) is 23.9. The van der Waals surface area contributed by atoms with E-state index in [4.69, 9.17) is 9.47 Å². The minimum atomic E-state index is -0.759. The second kappa shape index (κ2) is 10.7. The number of fused-ring (bicyclic) bond motifs is 1. The quantitative estimate of drug-likeness (QED) is 0.619. The molecule has 0 aliphatic carbocycles. The molecule has 0 saturated carbocycles. The summed E-state index contributed by atoms with van der Waals surface area (Å²) in [6, 6.07) is 13.4. The lowest BCUT2D eigenvalue weighted by molar-refractivity contribution is -0.122. The number of nitrogens with one attached hydrogen (secondary N) is 2. The van der Waals surface area contributed by atoms with E-state index in [2.05, 4.69) is 34.0 Å². The summed E-state index contributed by atoms with van der Waals surface area (Å²) < 4.78 is 11.1. The lowest BCUT2D eigenvalue weighted by atomic mass is 10.0. The Labute approximate surface area is 197 Å². The highest BCUT2D eigenvalue weighted by molar-refractivity contribution is 5.97. The molecule has 2 aromatic rings. The van der Waals surface area contributed by atoms with Crippen LogP contribution in [0.2, 0.25) is 0 Å². The molecule has 176 valence electrons. The molecule has 0 saturated heterocycles. The van der Waals surface area contributed by atoms with E-state index in [1.165, 1.54) is 0 Å². The van der Waals surface area contributed by atoms with Gasteiger partial charge in [0.2, 0.25) is 5.91 Å². The van der Waals surface area contributed by atoms with E-state index < -0.39 is 12.1 Å². The third-order valence-corrected chi connectivity index (χ3v) is 5.61. The van der Waals surface area contributed by atoms with Crippen LogP contribution in [-0.4, -0.2) is 55.7 Å². The molecule has 0 radical (unpaired) electrons. The summed E-state index contributed by atoms with van der Waals surface area (Å²) in [7, 11) is 0. The maximum absolute atomic E-state index is 12.6. The fourth-order valence-corrected chi connectivity index (χ4v) is 3.70. The highest BCUT2D eigenvalue weighted by Gasteiger charge is 2.28. The molecule has 2 aliphatic heterocycles. The van der Waals surface area contributed by atoms with E-state index in [1.54, 1.807) is 23.2 Å². The van der Waals surface area contributed by atoms with Crippen LogP contribution in [0.25, 0.3) is 0 Å². The Morgan fingerprint density at radius 3 is 2.76 bits per heavy atom. The molecule has 2 unspecified atom stereocenters. The van der Waals surface area contributed by atoms with Crippen molar-refractivity contribution in [3.8, 4) is 17.6 Å². The number of nitriles is 1. The first-order chi connectivity index (χ1) is 16.6. The molecule has 0 aromatic heterocycles. The number of ether oxygens (including phenoxy) is 2. The van der Waals surface area contributed by atoms with Crippen molar-refractivity contribution in [2.45, 2.75) is 25.4 Å². The number of hydrogen-bond acceptors (Lipinski definition) is 8. The molecule has 10 nitrogen and oxygen atoms in total. The lowest BCUT2D eigenvalue weighted by Gasteiger charge is -2.20. The van der Waals surface area contributed by atoms with Gasteiger partial charge in [0.1, 0.15) is 19.3 Å². The van der Waals surface area contributed by atoms with Crippen LogP contribution < -0.4 is 20.1 Å². The molecule has 34 heavy (non-hydrogen) atoms. The SMILES string of the molecule is CCc1ccc(C(C#N)NC(=O)C2CN(CCNC(=O)c3cccc4c3OCCO4)N=N2)cc1. The molecule has 2 N–H and O–H groups in total. The second-order valence-corrected chi connectivity index (χ2v) is 7.88. The Morgan fingerprint density at radius 2 is 2.00 bits per heavy atom. The van der Waals surface area contributed by atoms with Gasteiger partial charge in [-0.3, -0.25) is 14.6 Å². The molecule has 2 heterocycles. The van der Waals surface area contributed by atoms with Gasteiger partial charge in [-0.15, -0.1) is 0 Å². The van der Waals surface area contributed by atoms with Crippen molar-refractivity contribution < 1.29 is 19.1 Å². The van der Waals surface area contributed by atoms with E-state index in [-0.39, 0.29) is 18.4 Å². The first kappa shape index (κ1) is 23.0. The number of carbonyl (C=O) groups excluding carboxylic acids is 2. The summed E-state index contributed by atoms with van der Waals surface area (Å²) in [4.78, 5) is 25.2. The van der Waals surface area contributed by atoms with Crippen molar-refractivity contribution in [1.82, 2.24) is 15.6 Å². The largest absolute Gasteiger partial charge is 0.486 e. The standard InChI is InChI=1S/C24H26N6O4/c1-2-16-6-8-17(9-7-16)19(14-25)27-24(32)20-15-30(29-28-20)11-10-26-23(31)18-4-3-5-21-22(18)34-13-12-33-21/h3-9,19-20H,2,10-13,15H2,1H3,(H,26,31)(H,27,32). The zero-order valence-electron chi connectivity index (χ0n) is 18.9. The van der Waals surface area contributed by atoms with Crippen LogP contribution in [0.15, 0.2) is 52.8 Å². The minimum Gasteiger partial charge on any atom is -0.486 e. The molecule has 0 bridgehead atoms. The van der Waals surface area contributed by atoms with E-state index in [9.17, 15) is 14.9 Å². The summed E-state index contributed by atoms with van der Waals surface area (Å²) in [6.45, 7) is 3.86.